The van der Waals surface area contributed by atoms with E-state index in [4.69, 9.17) is 10.2 Å². The monoisotopic (exact) mass is 176 g/mol. The molecule has 0 saturated heterocycles. The highest BCUT2D eigenvalue weighted by Crippen LogP contribution is 1.91. The maximum atomic E-state index is 10.7. The molecule has 2 amide bonds. The number of aliphatic hydroxyl groups is 1. The SMILES string of the molecule is CNC(=O)[C@H](O)[C@H](C)NC(=O)O. The maximum absolute atomic E-state index is 10.7. The Bertz CT molecular complexity index is 182. The first-order valence-electron chi connectivity index (χ1n) is 3.38. The Labute approximate surface area is 69.6 Å². The number of amides is 2. The van der Waals surface area contributed by atoms with E-state index in [9.17, 15) is 9.59 Å². The third kappa shape index (κ3) is 3.20. The molecule has 12 heavy (non-hydrogen) atoms. The molecule has 0 unspecified atom stereocenters. The summed E-state index contributed by atoms with van der Waals surface area (Å²) in [5, 5.41) is 21.5. The molecular formula is C6H12N2O4. The van der Waals surface area contributed by atoms with Crippen LogP contribution in [0.1, 0.15) is 6.92 Å². The van der Waals surface area contributed by atoms with Crippen LogP contribution in [0.4, 0.5) is 4.79 Å². The molecule has 0 heterocycles. The zero-order chi connectivity index (χ0) is 9.72. The minimum Gasteiger partial charge on any atom is -0.465 e. The molecule has 0 aromatic carbocycles. The van der Waals surface area contributed by atoms with Crippen LogP contribution in [-0.2, 0) is 4.79 Å². The van der Waals surface area contributed by atoms with Crippen molar-refractivity contribution in [1.29, 1.82) is 0 Å². The molecule has 6 heteroatoms. The highest BCUT2D eigenvalue weighted by atomic mass is 16.4. The van der Waals surface area contributed by atoms with Gasteiger partial charge in [0.05, 0.1) is 6.04 Å². The molecule has 2 atom stereocenters. The standard InChI is InChI=1S/C6H12N2O4/c1-3(8-6(11)12)4(9)5(10)7-2/h3-4,8-9H,1-2H3,(H,7,10)(H,11,12)/t3-,4+/m0/s1. The lowest BCUT2D eigenvalue weighted by Gasteiger charge is -2.16. The summed E-state index contributed by atoms with van der Waals surface area (Å²) in [6.45, 7) is 1.40. The fourth-order valence-electron chi connectivity index (χ4n) is 0.649. The molecule has 0 fully saturated rings. The molecule has 0 aliphatic rings. The number of aliphatic hydroxyl groups excluding tert-OH is 1. The van der Waals surface area contributed by atoms with Crippen molar-refractivity contribution in [3.63, 3.8) is 0 Å². The number of carbonyl (C=O) groups is 2. The molecule has 0 aliphatic heterocycles. The van der Waals surface area contributed by atoms with E-state index in [0.29, 0.717) is 0 Å². The Hall–Kier alpha value is -1.30. The van der Waals surface area contributed by atoms with Gasteiger partial charge in [0.25, 0.3) is 5.91 Å². The second-order valence-electron chi connectivity index (χ2n) is 2.30. The fraction of sp³-hybridized carbons (Fsp3) is 0.667. The minimum atomic E-state index is -1.36. The Kier molecular flexibility index (Phi) is 4.06. The van der Waals surface area contributed by atoms with Gasteiger partial charge in [-0.2, -0.15) is 0 Å². The molecule has 4 N–H and O–H groups in total. The molecule has 0 aromatic heterocycles. The van der Waals surface area contributed by atoms with Gasteiger partial charge < -0.3 is 20.8 Å². The van der Waals surface area contributed by atoms with E-state index in [-0.39, 0.29) is 0 Å². The summed E-state index contributed by atoms with van der Waals surface area (Å²) in [4.78, 5) is 20.8. The average Bonchev–Trinajstić information content (AvgIpc) is 2.00. The maximum Gasteiger partial charge on any atom is 0.404 e. The van der Waals surface area contributed by atoms with E-state index in [0.717, 1.165) is 0 Å². The Morgan fingerprint density at radius 1 is 1.42 bits per heavy atom. The highest BCUT2D eigenvalue weighted by molar-refractivity contribution is 5.81. The second-order valence-corrected chi connectivity index (χ2v) is 2.30. The molecule has 0 aliphatic carbocycles. The summed E-state index contributed by atoms with van der Waals surface area (Å²) >= 11 is 0. The van der Waals surface area contributed by atoms with Gasteiger partial charge in [-0.1, -0.05) is 0 Å². The summed E-state index contributed by atoms with van der Waals surface area (Å²) in [7, 11) is 1.36. The van der Waals surface area contributed by atoms with Crippen molar-refractivity contribution in [2.45, 2.75) is 19.1 Å². The third-order valence-corrected chi connectivity index (χ3v) is 1.34. The molecular weight excluding hydrogens is 164 g/mol. The van der Waals surface area contributed by atoms with Crippen LogP contribution in [0, 0.1) is 0 Å². The normalized spacial score (nSPS) is 14.6. The fourth-order valence-corrected chi connectivity index (χ4v) is 0.649. The molecule has 0 rings (SSSR count). The van der Waals surface area contributed by atoms with Gasteiger partial charge in [-0.25, -0.2) is 4.79 Å². The number of hydrogen-bond donors (Lipinski definition) is 4. The lowest BCUT2D eigenvalue weighted by Crippen LogP contribution is -2.47. The van der Waals surface area contributed by atoms with Crippen molar-refractivity contribution >= 4 is 12.0 Å². The number of likely N-dealkylation sites (N-methyl/N-ethyl adjacent to an activating group) is 1. The van der Waals surface area contributed by atoms with Crippen LogP contribution in [0.2, 0.25) is 0 Å². The molecule has 6 nitrogen and oxygen atoms in total. The zero-order valence-corrected chi connectivity index (χ0v) is 6.87. The second kappa shape index (κ2) is 4.55. The Morgan fingerprint density at radius 3 is 2.25 bits per heavy atom. The van der Waals surface area contributed by atoms with Gasteiger partial charge in [0.1, 0.15) is 0 Å². The first-order valence-corrected chi connectivity index (χ1v) is 3.38. The van der Waals surface area contributed by atoms with Crippen molar-refractivity contribution in [2.24, 2.45) is 0 Å². The number of hydrogen-bond acceptors (Lipinski definition) is 3. The van der Waals surface area contributed by atoms with Crippen LogP contribution < -0.4 is 10.6 Å². The van der Waals surface area contributed by atoms with Crippen LogP contribution in [-0.4, -0.2) is 41.4 Å². The van der Waals surface area contributed by atoms with E-state index in [1.54, 1.807) is 0 Å². The van der Waals surface area contributed by atoms with Gasteiger partial charge in [-0.05, 0) is 6.92 Å². The Balaban J connectivity index is 4.00. The van der Waals surface area contributed by atoms with Gasteiger partial charge >= 0.3 is 6.09 Å². The van der Waals surface area contributed by atoms with Crippen molar-refractivity contribution < 1.29 is 19.8 Å². The van der Waals surface area contributed by atoms with Crippen LogP contribution in [0.5, 0.6) is 0 Å². The van der Waals surface area contributed by atoms with Crippen molar-refractivity contribution in [1.82, 2.24) is 10.6 Å². The number of carboxylic acid groups (broad SMARTS) is 1. The lowest BCUT2D eigenvalue weighted by atomic mass is 10.2. The predicted octanol–water partition coefficient (Wildman–Crippen LogP) is -1.25. The first kappa shape index (κ1) is 10.7. The van der Waals surface area contributed by atoms with E-state index in [2.05, 4.69) is 5.32 Å². The number of nitrogens with one attached hydrogen (secondary N) is 2. The smallest absolute Gasteiger partial charge is 0.404 e. The van der Waals surface area contributed by atoms with Crippen LogP contribution in [0.15, 0.2) is 0 Å². The topological polar surface area (TPSA) is 98.7 Å². The van der Waals surface area contributed by atoms with Crippen molar-refractivity contribution in [2.75, 3.05) is 7.05 Å². The van der Waals surface area contributed by atoms with E-state index in [1.807, 2.05) is 5.32 Å². The molecule has 0 aromatic rings. The molecule has 70 valence electrons. The predicted molar refractivity (Wildman–Crippen MR) is 40.7 cm³/mol. The van der Waals surface area contributed by atoms with Gasteiger partial charge in [0.2, 0.25) is 0 Å². The summed E-state index contributed by atoms with van der Waals surface area (Å²) in [6, 6.07) is -0.817. The van der Waals surface area contributed by atoms with Gasteiger partial charge in [0.15, 0.2) is 6.10 Å². The van der Waals surface area contributed by atoms with Crippen molar-refractivity contribution in [3.05, 3.63) is 0 Å². The summed E-state index contributed by atoms with van der Waals surface area (Å²) < 4.78 is 0. The third-order valence-electron chi connectivity index (χ3n) is 1.34. The highest BCUT2D eigenvalue weighted by Gasteiger charge is 2.22. The van der Waals surface area contributed by atoms with E-state index < -0.39 is 24.1 Å². The van der Waals surface area contributed by atoms with E-state index >= 15 is 0 Å². The quantitative estimate of drug-likeness (QED) is 0.431. The molecule has 0 spiro atoms. The number of carbonyl (C=O) groups excluding carboxylic acids is 1. The summed E-state index contributed by atoms with van der Waals surface area (Å²) in [6.07, 6.45) is -2.63. The van der Waals surface area contributed by atoms with Crippen molar-refractivity contribution in [3.8, 4) is 0 Å². The lowest BCUT2D eigenvalue weighted by molar-refractivity contribution is -0.129. The van der Waals surface area contributed by atoms with Gasteiger partial charge in [0, 0.05) is 7.05 Å². The minimum absolute atomic E-state index is 0.615. The van der Waals surface area contributed by atoms with Gasteiger partial charge in [-0.15, -0.1) is 0 Å². The molecule has 0 radical (unpaired) electrons. The van der Waals surface area contributed by atoms with Crippen LogP contribution >= 0.6 is 0 Å². The number of rotatable bonds is 3. The molecule has 0 bridgehead atoms. The summed E-state index contributed by atoms with van der Waals surface area (Å²) in [5.41, 5.74) is 0. The summed E-state index contributed by atoms with van der Waals surface area (Å²) in [5.74, 6) is -0.615. The van der Waals surface area contributed by atoms with Gasteiger partial charge in [-0.3, -0.25) is 4.79 Å². The zero-order valence-electron chi connectivity index (χ0n) is 6.87. The van der Waals surface area contributed by atoms with Crippen LogP contribution in [0.25, 0.3) is 0 Å². The average molecular weight is 176 g/mol. The van der Waals surface area contributed by atoms with E-state index in [1.165, 1.54) is 14.0 Å². The molecule has 0 saturated carbocycles. The largest absolute Gasteiger partial charge is 0.465 e. The first-order chi connectivity index (χ1) is 5.49. The Morgan fingerprint density at radius 2 is 1.92 bits per heavy atom. The van der Waals surface area contributed by atoms with Crippen LogP contribution in [0.3, 0.4) is 0 Å².